The predicted octanol–water partition coefficient (Wildman–Crippen LogP) is -0.0872. The minimum absolute atomic E-state index is 0.0693. The molecule has 1 fully saturated rings. The van der Waals surface area contributed by atoms with Gasteiger partial charge in [-0.15, -0.1) is 0 Å². The highest BCUT2D eigenvalue weighted by molar-refractivity contribution is 7.91. The molecule has 0 aromatic carbocycles. The van der Waals surface area contributed by atoms with E-state index in [-0.39, 0.29) is 18.1 Å². The molecule has 0 aromatic heterocycles. The fourth-order valence-corrected chi connectivity index (χ4v) is 4.63. The van der Waals surface area contributed by atoms with E-state index in [9.17, 15) is 23.1 Å². The highest BCUT2D eigenvalue weighted by Gasteiger charge is 2.40. The van der Waals surface area contributed by atoms with Crippen molar-refractivity contribution >= 4 is 21.7 Å². The van der Waals surface area contributed by atoms with Crippen molar-refractivity contribution in [3.05, 3.63) is 0 Å². The normalized spacial score (nSPS) is 27.0. The molecular weight excluding hydrogens is 296 g/mol. The lowest BCUT2D eigenvalue weighted by Gasteiger charge is -2.28. The monoisotopic (exact) mass is 320 g/mol. The number of carboxylic acid groups (broad SMARTS) is 1. The van der Waals surface area contributed by atoms with Gasteiger partial charge in [0, 0.05) is 0 Å². The van der Waals surface area contributed by atoms with Crippen molar-refractivity contribution in [3.8, 4) is 0 Å². The molecule has 0 spiro atoms. The maximum Gasteiger partial charge on any atom is 0.323 e. The van der Waals surface area contributed by atoms with Crippen molar-refractivity contribution < 1.29 is 23.1 Å². The van der Waals surface area contributed by atoms with E-state index >= 15 is 0 Å². The molecule has 0 aromatic rings. The Bertz CT molecular complexity index is 519. The number of hydrogen-bond donors (Lipinski definition) is 3. The summed E-state index contributed by atoms with van der Waals surface area (Å²) in [5.74, 6) is -1.40. The minimum atomic E-state index is -3.09. The summed E-state index contributed by atoms with van der Waals surface area (Å²) in [4.78, 5) is 23.2. The topological polar surface area (TPSA) is 113 Å². The SMILES string of the molecule is CCCC(C)(NCC(=O)NC1(C)CCS(=O)(=O)C1)C(=O)O. The summed E-state index contributed by atoms with van der Waals surface area (Å²) in [6.07, 6.45) is 1.46. The lowest BCUT2D eigenvalue weighted by Crippen LogP contribution is -2.55. The third-order valence-electron chi connectivity index (χ3n) is 3.81. The molecule has 1 saturated heterocycles. The molecule has 2 unspecified atom stereocenters. The number of aliphatic carboxylic acids is 1. The molecule has 0 bridgehead atoms. The average Bonchev–Trinajstić information content (AvgIpc) is 2.61. The quantitative estimate of drug-likeness (QED) is 0.604. The summed E-state index contributed by atoms with van der Waals surface area (Å²) >= 11 is 0. The van der Waals surface area contributed by atoms with E-state index in [0.29, 0.717) is 19.3 Å². The second-order valence-corrected chi connectivity index (χ2v) is 8.38. The van der Waals surface area contributed by atoms with Crippen molar-refractivity contribution in [2.45, 2.75) is 51.1 Å². The van der Waals surface area contributed by atoms with Crippen molar-refractivity contribution in [2.75, 3.05) is 18.1 Å². The lowest BCUT2D eigenvalue weighted by atomic mass is 9.96. The van der Waals surface area contributed by atoms with Crippen LogP contribution in [0.5, 0.6) is 0 Å². The number of amides is 1. The molecular formula is C13H24N2O5S. The number of carbonyl (C=O) groups is 2. The fourth-order valence-electron chi connectivity index (χ4n) is 2.54. The standard InChI is InChI=1S/C13H24N2O5S/c1-4-5-13(3,11(17)18)14-8-10(16)15-12(2)6-7-21(19,20)9-12/h14H,4-9H2,1-3H3,(H,15,16)(H,17,18). The summed E-state index contributed by atoms with van der Waals surface area (Å²) in [6.45, 7) is 4.94. The summed E-state index contributed by atoms with van der Waals surface area (Å²) in [6, 6.07) is 0. The van der Waals surface area contributed by atoms with Crippen LogP contribution in [-0.2, 0) is 19.4 Å². The van der Waals surface area contributed by atoms with Crippen LogP contribution in [0.4, 0.5) is 0 Å². The Hall–Kier alpha value is -1.15. The third-order valence-corrected chi connectivity index (χ3v) is 5.71. The van der Waals surface area contributed by atoms with Crippen molar-refractivity contribution in [1.29, 1.82) is 0 Å². The molecule has 8 heteroatoms. The van der Waals surface area contributed by atoms with Gasteiger partial charge >= 0.3 is 5.97 Å². The number of hydrogen-bond acceptors (Lipinski definition) is 5. The van der Waals surface area contributed by atoms with Gasteiger partial charge in [0.25, 0.3) is 0 Å². The number of sulfone groups is 1. The Morgan fingerprint density at radius 1 is 1.38 bits per heavy atom. The molecule has 7 nitrogen and oxygen atoms in total. The first kappa shape index (κ1) is 17.9. The molecule has 1 heterocycles. The Labute approximate surface area is 125 Å². The summed E-state index contributed by atoms with van der Waals surface area (Å²) in [5.41, 5.74) is -1.92. The van der Waals surface area contributed by atoms with Crippen molar-refractivity contribution in [1.82, 2.24) is 10.6 Å². The van der Waals surface area contributed by atoms with Gasteiger partial charge in [-0.2, -0.15) is 0 Å². The van der Waals surface area contributed by atoms with E-state index < -0.39 is 32.8 Å². The van der Waals surface area contributed by atoms with Gasteiger partial charge in [-0.25, -0.2) is 8.42 Å². The Balaban J connectivity index is 2.57. The zero-order valence-corrected chi connectivity index (χ0v) is 13.5. The number of nitrogens with one attached hydrogen (secondary N) is 2. The van der Waals surface area contributed by atoms with Gasteiger partial charge in [-0.05, 0) is 26.7 Å². The van der Waals surface area contributed by atoms with Gasteiger partial charge in [0.05, 0.1) is 23.6 Å². The van der Waals surface area contributed by atoms with Gasteiger partial charge in [-0.1, -0.05) is 13.3 Å². The molecule has 1 aliphatic heterocycles. The minimum Gasteiger partial charge on any atom is -0.480 e. The van der Waals surface area contributed by atoms with Crippen LogP contribution in [-0.4, -0.2) is 54.5 Å². The summed E-state index contributed by atoms with van der Waals surface area (Å²) < 4.78 is 22.9. The number of carbonyl (C=O) groups excluding carboxylic acids is 1. The van der Waals surface area contributed by atoms with Crippen LogP contribution in [0.2, 0.25) is 0 Å². The first-order valence-corrected chi connectivity index (χ1v) is 8.84. The summed E-state index contributed by atoms with van der Waals surface area (Å²) in [5, 5.41) is 14.6. The van der Waals surface area contributed by atoms with Crippen LogP contribution in [0.3, 0.4) is 0 Å². The number of rotatable bonds is 7. The van der Waals surface area contributed by atoms with E-state index in [1.165, 1.54) is 6.92 Å². The second-order valence-electron chi connectivity index (χ2n) is 6.19. The molecule has 0 radical (unpaired) electrons. The van der Waals surface area contributed by atoms with Crippen LogP contribution in [0, 0.1) is 0 Å². The molecule has 122 valence electrons. The molecule has 0 saturated carbocycles. The van der Waals surface area contributed by atoms with E-state index in [4.69, 9.17) is 0 Å². The number of carboxylic acids is 1. The smallest absolute Gasteiger partial charge is 0.323 e. The van der Waals surface area contributed by atoms with Gasteiger partial charge < -0.3 is 10.4 Å². The third kappa shape index (κ3) is 4.96. The average molecular weight is 320 g/mol. The zero-order valence-electron chi connectivity index (χ0n) is 12.7. The van der Waals surface area contributed by atoms with Crippen LogP contribution in [0.25, 0.3) is 0 Å². The van der Waals surface area contributed by atoms with Gasteiger partial charge in [0.1, 0.15) is 5.54 Å². The van der Waals surface area contributed by atoms with Crippen LogP contribution in [0.15, 0.2) is 0 Å². The van der Waals surface area contributed by atoms with Gasteiger partial charge in [0.15, 0.2) is 9.84 Å². The molecule has 1 aliphatic rings. The van der Waals surface area contributed by atoms with Crippen LogP contribution in [0.1, 0.15) is 40.0 Å². The molecule has 3 N–H and O–H groups in total. The largest absolute Gasteiger partial charge is 0.480 e. The van der Waals surface area contributed by atoms with E-state index in [2.05, 4.69) is 10.6 Å². The van der Waals surface area contributed by atoms with Gasteiger partial charge in [0.2, 0.25) is 5.91 Å². The zero-order chi connectivity index (χ0) is 16.3. The Morgan fingerprint density at radius 2 is 2.00 bits per heavy atom. The molecule has 21 heavy (non-hydrogen) atoms. The Morgan fingerprint density at radius 3 is 2.43 bits per heavy atom. The maximum absolute atomic E-state index is 11.9. The van der Waals surface area contributed by atoms with Crippen molar-refractivity contribution in [3.63, 3.8) is 0 Å². The van der Waals surface area contributed by atoms with E-state index in [1.54, 1.807) is 6.92 Å². The maximum atomic E-state index is 11.9. The van der Waals surface area contributed by atoms with E-state index in [1.807, 2.05) is 6.92 Å². The van der Waals surface area contributed by atoms with Crippen LogP contribution >= 0.6 is 0 Å². The molecule has 1 amide bonds. The highest BCUT2D eigenvalue weighted by Crippen LogP contribution is 2.22. The van der Waals surface area contributed by atoms with Crippen molar-refractivity contribution in [2.24, 2.45) is 0 Å². The first-order chi connectivity index (χ1) is 9.52. The van der Waals surface area contributed by atoms with E-state index in [0.717, 1.165) is 0 Å². The highest BCUT2D eigenvalue weighted by atomic mass is 32.2. The van der Waals surface area contributed by atoms with Gasteiger partial charge in [-0.3, -0.25) is 14.9 Å². The first-order valence-electron chi connectivity index (χ1n) is 7.02. The van der Waals surface area contributed by atoms with Crippen LogP contribution < -0.4 is 10.6 Å². The fraction of sp³-hybridized carbons (Fsp3) is 0.846. The summed E-state index contributed by atoms with van der Waals surface area (Å²) in [7, 11) is -3.09. The molecule has 1 rings (SSSR count). The molecule has 0 aliphatic carbocycles. The molecule has 2 atom stereocenters. The Kier molecular flexibility index (Phi) is 5.38. The second kappa shape index (κ2) is 6.31. The predicted molar refractivity (Wildman–Crippen MR) is 78.8 cm³/mol. The lowest BCUT2D eigenvalue weighted by molar-refractivity contribution is -0.144.